The van der Waals surface area contributed by atoms with Gasteiger partial charge in [0.2, 0.25) is 0 Å². The lowest BCUT2D eigenvalue weighted by atomic mass is 9.98. The van der Waals surface area contributed by atoms with Crippen LogP contribution in [0.3, 0.4) is 0 Å². The smallest absolute Gasteiger partial charge is 0.0715 e. The summed E-state index contributed by atoms with van der Waals surface area (Å²) in [6.45, 7) is 0. The third kappa shape index (κ3) is 3.76. The highest BCUT2D eigenvalue weighted by Gasteiger charge is 2.09. The minimum absolute atomic E-state index is 0.973. The van der Waals surface area contributed by atoms with E-state index >= 15 is 0 Å². The van der Waals surface area contributed by atoms with Crippen LogP contribution in [0.15, 0.2) is 121 Å². The van der Waals surface area contributed by atoms with E-state index in [2.05, 4.69) is 65.6 Å². The van der Waals surface area contributed by atoms with E-state index < -0.39 is 0 Å². The molecule has 0 bridgehead atoms. The SMILES string of the molecule is c1ccc(-c2cc(-c3ccc(-c4ccccn4)cc3)cc(-c3ccccc3)n2)cc1. The molecule has 30 heavy (non-hydrogen) atoms. The summed E-state index contributed by atoms with van der Waals surface area (Å²) in [6, 6.07) is 39.5. The molecule has 0 aliphatic rings. The summed E-state index contributed by atoms with van der Waals surface area (Å²) in [5, 5.41) is 0. The molecule has 2 nitrogen and oxygen atoms in total. The molecule has 0 radical (unpaired) electrons. The standard InChI is InChI=1S/C28H20N2/c1-3-9-22(10-4-1)27-19-25(20-28(30-27)23-11-5-2-6-12-23)21-14-16-24(17-15-21)26-13-7-8-18-29-26/h1-20H. The number of aromatic nitrogens is 2. The third-order valence-electron chi connectivity index (χ3n) is 5.14. The molecule has 0 aliphatic carbocycles. The highest BCUT2D eigenvalue weighted by atomic mass is 14.7. The zero-order valence-electron chi connectivity index (χ0n) is 16.4. The summed E-state index contributed by atoms with van der Waals surface area (Å²) in [4.78, 5) is 9.40. The monoisotopic (exact) mass is 384 g/mol. The van der Waals surface area contributed by atoms with Crippen LogP contribution in [-0.2, 0) is 0 Å². The molecule has 0 saturated heterocycles. The van der Waals surface area contributed by atoms with Gasteiger partial charge in [-0.2, -0.15) is 0 Å². The number of rotatable bonds is 4. The molecule has 0 aliphatic heterocycles. The van der Waals surface area contributed by atoms with Crippen molar-refractivity contribution in [3.05, 3.63) is 121 Å². The van der Waals surface area contributed by atoms with Gasteiger partial charge in [-0.05, 0) is 35.4 Å². The molecule has 0 N–H and O–H groups in total. The van der Waals surface area contributed by atoms with Crippen LogP contribution in [0.4, 0.5) is 0 Å². The third-order valence-corrected chi connectivity index (χ3v) is 5.14. The Hall–Kier alpha value is -4.04. The number of hydrogen-bond acceptors (Lipinski definition) is 2. The Bertz CT molecular complexity index is 1190. The van der Waals surface area contributed by atoms with Crippen molar-refractivity contribution in [3.63, 3.8) is 0 Å². The zero-order chi connectivity index (χ0) is 20.2. The molecule has 5 aromatic rings. The second-order valence-corrected chi connectivity index (χ2v) is 7.15. The molecule has 142 valence electrons. The molecule has 0 spiro atoms. The van der Waals surface area contributed by atoms with Crippen molar-refractivity contribution in [1.82, 2.24) is 9.97 Å². The van der Waals surface area contributed by atoms with E-state index in [9.17, 15) is 0 Å². The van der Waals surface area contributed by atoms with Crippen LogP contribution in [-0.4, -0.2) is 9.97 Å². The molecule has 0 saturated carbocycles. The van der Waals surface area contributed by atoms with Crippen molar-refractivity contribution in [2.75, 3.05) is 0 Å². The summed E-state index contributed by atoms with van der Waals surface area (Å²) in [5.74, 6) is 0. The largest absolute Gasteiger partial charge is 0.256 e. The fraction of sp³-hybridized carbons (Fsp3) is 0. The fourth-order valence-electron chi connectivity index (χ4n) is 3.58. The van der Waals surface area contributed by atoms with Crippen molar-refractivity contribution in [2.24, 2.45) is 0 Å². The molecular weight excluding hydrogens is 364 g/mol. The van der Waals surface area contributed by atoms with Gasteiger partial charge in [0.05, 0.1) is 17.1 Å². The topological polar surface area (TPSA) is 25.8 Å². The average molecular weight is 384 g/mol. The van der Waals surface area contributed by atoms with Crippen LogP contribution in [0.25, 0.3) is 44.9 Å². The van der Waals surface area contributed by atoms with Crippen molar-refractivity contribution in [1.29, 1.82) is 0 Å². The maximum Gasteiger partial charge on any atom is 0.0715 e. The Morgan fingerprint density at radius 2 is 0.867 bits per heavy atom. The minimum Gasteiger partial charge on any atom is -0.256 e. The minimum atomic E-state index is 0.973. The lowest BCUT2D eigenvalue weighted by Gasteiger charge is -2.11. The summed E-state index contributed by atoms with van der Waals surface area (Å²) in [6.07, 6.45) is 1.82. The van der Waals surface area contributed by atoms with E-state index in [0.29, 0.717) is 0 Å². The van der Waals surface area contributed by atoms with Gasteiger partial charge in [0, 0.05) is 22.9 Å². The van der Waals surface area contributed by atoms with Crippen LogP contribution in [0.1, 0.15) is 0 Å². The molecule has 2 heterocycles. The lowest BCUT2D eigenvalue weighted by molar-refractivity contribution is 1.32. The summed E-state index contributed by atoms with van der Waals surface area (Å²) >= 11 is 0. The molecule has 5 rings (SSSR count). The number of benzene rings is 3. The van der Waals surface area contributed by atoms with E-state index in [0.717, 1.165) is 44.9 Å². The number of hydrogen-bond donors (Lipinski definition) is 0. The fourth-order valence-corrected chi connectivity index (χ4v) is 3.58. The van der Waals surface area contributed by atoms with Gasteiger partial charge in [-0.25, -0.2) is 4.98 Å². The molecule has 0 unspecified atom stereocenters. The van der Waals surface area contributed by atoms with E-state index in [-0.39, 0.29) is 0 Å². The first-order valence-electron chi connectivity index (χ1n) is 10.0. The van der Waals surface area contributed by atoms with E-state index in [4.69, 9.17) is 4.98 Å². The van der Waals surface area contributed by atoms with Crippen LogP contribution in [0, 0.1) is 0 Å². The Morgan fingerprint density at radius 3 is 1.40 bits per heavy atom. The number of pyridine rings is 2. The molecule has 0 amide bonds. The molecule has 2 heteroatoms. The van der Waals surface area contributed by atoms with Gasteiger partial charge in [0.25, 0.3) is 0 Å². The van der Waals surface area contributed by atoms with E-state index in [1.807, 2.05) is 60.8 Å². The summed E-state index contributed by atoms with van der Waals surface area (Å²) in [7, 11) is 0. The summed E-state index contributed by atoms with van der Waals surface area (Å²) < 4.78 is 0. The Balaban J connectivity index is 1.60. The highest BCUT2D eigenvalue weighted by Crippen LogP contribution is 2.31. The second kappa shape index (κ2) is 8.14. The van der Waals surface area contributed by atoms with Gasteiger partial charge < -0.3 is 0 Å². The van der Waals surface area contributed by atoms with Crippen LogP contribution >= 0.6 is 0 Å². The second-order valence-electron chi connectivity index (χ2n) is 7.15. The van der Waals surface area contributed by atoms with Gasteiger partial charge >= 0.3 is 0 Å². The van der Waals surface area contributed by atoms with Crippen LogP contribution < -0.4 is 0 Å². The normalized spacial score (nSPS) is 10.7. The van der Waals surface area contributed by atoms with Gasteiger partial charge in [-0.3, -0.25) is 4.98 Å². The Labute approximate surface area is 176 Å². The maximum absolute atomic E-state index is 4.95. The number of nitrogens with zero attached hydrogens (tertiary/aromatic N) is 2. The van der Waals surface area contributed by atoms with Gasteiger partial charge in [-0.1, -0.05) is 91.0 Å². The predicted molar refractivity (Wildman–Crippen MR) is 124 cm³/mol. The Kier molecular flexibility index (Phi) is 4.89. The van der Waals surface area contributed by atoms with Gasteiger partial charge in [0.15, 0.2) is 0 Å². The van der Waals surface area contributed by atoms with Crippen molar-refractivity contribution in [3.8, 4) is 44.9 Å². The highest BCUT2D eigenvalue weighted by molar-refractivity contribution is 5.77. The predicted octanol–water partition coefficient (Wildman–Crippen LogP) is 7.14. The quantitative estimate of drug-likeness (QED) is 0.329. The zero-order valence-corrected chi connectivity index (χ0v) is 16.4. The van der Waals surface area contributed by atoms with Gasteiger partial charge in [0.1, 0.15) is 0 Å². The van der Waals surface area contributed by atoms with Gasteiger partial charge in [-0.15, -0.1) is 0 Å². The first kappa shape index (κ1) is 18.0. The maximum atomic E-state index is 4.95. The van der Waals surface area contributed by atoms with Crippen molar-refractivity contribution < 1.29 is 0 Å². The van der Waals surface area contributed by atoms with Crippen molar-refractivity contribution >= 4 is 0 Å². The molecular formula is C28H20N2. The van der Waals surface area contributed by atoms with E-state index in [1.54, 1.807) is 0 Å². The molecule has 0 atom stereocenters. The Morgan fingerprint density at radius 1 is 0.367 bits per heavy atom. The molecule has 0 fully saturated rings. The first-order chi connectivity index (χ1) is 14.9. The van der Waals surface area contributed by atoms with Crippen LogP contribution in [0.2, 0.25) is 0 Å². The summed E-state index contributed by atoms with van der Waals surface area (Å²) in [5.41, 5.74) is 8.57. The van der Waals surface area contributed by atoms with E-state index in [1.165, 1.54) is 0 Å². The van der Waals surface area contributed by atoms with Crippen LogP contribution in [0.5, 0.6) is 0 Å². The lowest BCUT2D eigenvalue weighted by Crippen LogP contribution is -1.91. The molecule has 2 aromatic heterocycles. The molecule has 3 aromatic carbocycles. The first-order valence-corrected chi connectivity index (χ1v) is 10.0. The average Bonchev–Trinajstić information content (AvgIpc) is 2.85. The van der Waals surface area contributed by atoms with Crippen molar-refractivity contribution in [2.45, 2.75) is 0 Å².